The number of benzene rings is 1. The minimum atomic E-state index is -0.139. The Morgan fingerprint density at radius 1 is 1.19 bits per heavy atom. The highest BCUT2D eigenvalue weighted by molar-refractivity contribution is 5.45. The lowest BCUT2D eigenvalue weighted by atomic mass is 9.84. The summed E-state index contributed by atoms with van der Waals surface area (Å²) in [5.41, 5.74) is 0.655. The number of halogens is 1. The van der Waals surface area contributed by atoms with E-state index >= 15 is 0 Å². The summed E-state index contributed by atoms with van der Waals surface area (Å²) >= 11 is 0. The summed E-state index contributed by atoms with van der Waals surface area (Å²) in [5, 5.41) is 3.32. The van der Waals surface area contributed by atoms with E-state index in [9.17, 15) is 4.39 Å². The van der Waals surface area contributed by atoms with Gasteiger partial charge in [-0.3, -0.25) is 0 Å². The van der Waals surface area contributed by atoms with Crippen LogP contribution in [-0.4, -0.2) is 6.04 Å². The lowest BCUT2D eigenvalue weighted by molar-refractivity contribution is 0.329. The molecule has 0 radical (unpaired) electrons. The topological polar surface area (TPSA) is 12.0 Å². The van der Waals surface area contributed by atoms with Crippen molar-refractivity contribution < 1.29 is 4.39 Å². The van der Waals surface area contributed by atoms with Crippen LogP contribution in [-0.2, 0) is 0 Å². The van der Waals surface area contributed by atoms with Gasteiger partial charge in [0.15, 0.2) is 0 Å². The zero-order valence-electron chi connectivity index (χ0n) is 9.88. The van der Waals surface area contributed by atoms with E-state index in [1.807, 2.05) is 12.1 Å². The molecule has 1 aliphatic carbocycles. The molecule has 1 aromatic carbocycles. The zero-order chi connectivity index (χ0) is 11.4. The Balaban J connectivity index is 1.89. The molecule has 1 fully saturated rings. The molecule has 0 heterocycles. The molecule has 1 saturated carbocycles. The summed E-state index contributed by atoms with van der Waals surface area (Å²) in [6.07, 6.45) is 6.19. The third-order valence-corrected chi connectivity index (χ3v) is 3.66. The second-order valence-electron chi connectivity index (χ2n) is 4.75. The minimum absolute atomic E-state index is 0.139. The van der Waals surface area contributed by atoms with Gasteiger partial charge >= 0.3 is 0 Å². The Bertz CT molecular complexity index is 329. The van der Waals surface area contributed by atoms with Crippen molar-refractivity contribution in [3.63, 3.8) is 0 Å². The lowest BCUT2D eigenvalue weighted by Crippen LogP contribution is -2.26. The van der Waals surface area contributed by atoms with Crippen molar-refractivity contribution >= 4 is 5.69 Å². The van der Waals surface area contributed by atoms with E-state index in [1.54, 1.807) is 6.07 Å². The highest BCUT2D eigenvalue weighted by Crippen LogP contribution is 2.28. The fourth-order valence-corrected chi connectivity index (χ4v) is 2.51. The molecule has 0 aromatic heterocycles. The maximum Gasteiger partial charge on any atom is 0.146 e. The largest absolute Gasteiger partial charge is 0.380 e. The molecule has 0 spiro atoms. The molecule has 1 aliphatic rings. The smallest absolute Gasteiger partial charge is 0.146 e. The van der Waals surface area contributed by atoms with Crippen molar-refractivity contribution in [2.45, 2.75) is 45.1 Å². The van der Waals surface area contributed by atoms with Crippen LogP contribution in [0.5, 0.6) is 0 Å². The Morgan fingerprint density at radius 3 is 2.50 bits per heavy atom. The summed E-state index contributed by atoms with van der Waals surface area (Å²) < 4.78 is 13.4. The highest BCUT2D eigenvalue weighted by atomic mass is 19.1. The summed E-state index contributed by atoms with van der Waals surface area (Å²) in [4.78, 5) is 0. The van der Waals surface area contributed by atoms with Crippen molar-refractivity contribution in [1.29, 1.82) is 0 Å². The second-order valence-corrected chi connectivity index (χ2v) is 4.75. The number of para-hydroxylation sites is 1. The third kappa shape index (κ3) is 2.75. The molecule has 0 bridgehead atoms. The van der Waals surface area contributed by atoms with Crippen LogP contribution in [0.15, 0.2) is 24.3 Å². The molecule has 0 unspecified atom stereocenters. The molecule has 1 nitrogen and oxygen atoms in total. The van der Waals surface area contributed by atoms with Crippen molar-refractivity contribution in [2.24, 2.45) is 5.92 Å². The fraction of sp³-hybridized carbons (Fsp3) is 0.571. The van der Waals surface area contributed by atoms with Crippen LogP contribution in [0.3, 0.4) is 0 Å². The zero-order valence-corrected chi connectivity index (χ0v) is 9.88. The van der Waals surface area contributed by atoms with Crippen LogP contribution >= 0.6 is 0 Å². The van der Waals surface area contributed by atoms with E-state index in [0.29, 0.717) is 11.7 Å². The highest BCUT2D eigenvalue weighted by Gasteiger charge is 2.20. The Morgan fingerprint density at radius 2 is 1.88 bits per heavy atom. The van der Waals surface area contributed by atoms with Gasteiger partial charge in [0.25, 0.3) is 0 Å². The average molecular weight is 221 g/mol. The molecule has 16 heavy (non-hydrogen) atoms. The first-order valence-electron chi connectivity index (χ1n) is 6.30. The summed E-state index contributed by atoms with van der Waals surface area (Å²) in [6.45, 7) is 2.26. The molecule has 2 heteroatoms. The molecule has 2 rings (SSSR count). The van der Waals surface area contributed by atoms with Crippen LogP contribution in [0.1, 0.15) is 39.0 Å². The molecule has 0 atom stereocenters. The molecule has 0 aliphatic heterocycles. The second kappa shape index (κ2) is 5.33. The summed E-state index contributed by atoms with van der Waals surface area (Å²) in [7, 11) is 0. The maximum atomic E-state index is 13.4. The predicted octanol–water partition coefficient (Wildman–Crippen LogP) is 4.21. The first-order valence-corrected chi connectivity index (χ1v) is 6.30. The SMILES string of the molecule is CCC1CCC(Nc2ccccc2F)CC1. The first kappa shape index (κ1) is 11.4. The fourth-order valence-electron chi connectivity index (χ4n) is 2.51. The van der Waals surface area contributed by atoms with Crippen molar-refractivity contribution in [2.75, 3.05) is 5.32 Å². The van der Waals surface area contributed by atoms with Crippen molar-refractivity contribution in [3.8, 4) is 0 Å². The van der Waals surface area contributed by atoms with Gasteiger partial charge in [0, 0.05) is 6.04 Å². The number of anilines is 1. The van der Waals surface area contributed by atoms with E-state index in [2.05, 4.69) is 12.2 Å². The summed E-state index contributed by atoms with van der Waals surface area (Å²) in [6, 6.07) is 7.40. The molecule has 0 amide bonds. The molecule has 1 N–H and O–H groups in total. The minimum Gasteiger partial charge on any atom is -0.380 e. The van der Waals surface area contributed by atoms with Gasteiger partial charge < -0.3 is 5.32 Å². The standard InChI is InChI=1S/C14H20FN/c1-2-11-7-9-12(10-8-11)16-14-6-4-3-5-13(14)15/h3-6,11-12,16H,2,7-10H2,1H3. The molecular formula is C14H20FN. The Labute approximate surface area is 97.1 Å². The molecular weight excluding hydrogens is 201 g/mol. The third-order valence-electron chi connectivity index (χ3n) is 3.66. The monoisotopic (exact) mass is 221 g/mol. The van der Waals surface area contributed by atoms with Gasteiger partial charge in [0.05, 0.1) is 5.69 Å². The van der Waals surface area contributed by atoms with Gasteiger partial charge in [-0.25, -0.2) is 4.39 Å². The van der Waals surface area contributed by atoms with Gasteiger partial charge in [-0.15, -0.1) is 0 Å². The molecule has 88 valence electrons. The van der Waals surface area contributed by atoms with E-state index < -0.39 is 0 Å². The Hall–Kier alpha value is -1.05. The molecule has 0 saturated heterocycles. The van der Waals surface area contributed by atoms with Gasteiger partial charge in [0.2, 0.25) is 0 Å². The number of hydrogen-bond donors (Lipinski definition) is 1. The maximum absolute atomic E-state index is 13.4. The van der Waals surface area contributed by atoms with Crippen LogP contribution in [0.25, 0.3) is 0 Å². The quantitative estimate of drug-likeness (QED) is 0.806. The van der Waals surface area contributed by atoms with Crippen LogP contribution in [0.4, 0.5) is 10.1 Å². The normalized spacial score (nSPS) is 25.4. The van der Waals surface area contributed by atoms with Gasteiger partial charge in [-0.2, -0.15) is 0 Å². The lowest BCUT2D eigenvalue weighted by Gasteiger charge is -2.29. The van der Waals surface area contributed by atoms with Crippen LogP contribution < -0.4 is 5.32 Å². The average Bonchev–Trinajstić information content (AvgIpc) is 2.33. The van der Waals surface area contributed by atoms with E-state index in [1.165, 1.54) is 38.2 Å². The number of rotatable bonds is 3. The Kier molecular flexibility index (Phi) is 3.81. The first-order chi connectivity index (χ1) is 7.79. The number of nitrogens with one attached hydrogen (secondary N) is 1. The van der Waals surface area contributed by atoms with Crippen LogP contribution in [0, 0.1) is 11.7 Å². The van der Waals surface area contributed by atoms with E-state index in [4.69, 9.17) is 0 Å². The van der Waals surface area contributed by atoms with Crippen molar-refractivity contribution in [3.05, 3.63) is 30.1 Å². The van der Waals surface area contributed by atoms with Gasteiger partial charge in [0.1, 0.15) is 5.82 Å². The van der Waals surface area contributed by atoms with Crippen LogP contribution in [0.2, 0.25) is 0 Å². The van der Waals surface area contributed by atoms with E-state index in [-0.39, 0.29) is 5.82 Å². The van der Waals surface area contributed by atoms with Gasteiger partial charge in [-0.1, -0.05) is 25.5 Å². The predicted molar refractivity (Wildman–Crippen MR) is 66.1 cm³/mol. The van der Waals surface area contributed by atoms with E-state index in [0.717, 1.165) is 5.92 Å². The molecule has 1 aromatic rings. The summed E-state index contributed by atoms with van der Waals surface area (Å²) in [5.74, 6) is 0.749. The number of hydrogen-bond acceptors (Lipinski definition) is 1. The van der Waals surface area contributed by atoms with Gasteiger partial charge in [-0.05, 0) is 43.7 Å². The van der Waals surface area contributed by atoms with Crippen molar-refractivity contribution in [1.82, 2.24) is 0 Å².